The van der Waals surface area contributed by atoms with Gasteiger partial charge < -0.3 is 5.32 Å². The topological polar surface area (TPSA) is 50.7 Å². The Bertz CT molecular complexity index is 513. The molecule has 2 rings (SSSR count). The first kappa shape index (κ1) is 11.8. The quantitative estimate of drug-likeness (QED) is 0.908. The van der Waals surface area contributed by atoms with Crippen molar-refractivity contribution in [3.63, 3.8) is 0 Å². The fourth-order valence-electron chi connectivity index (χ4n) is 1.43. The van der Waals surface area contributed by atoms with Gasteiger partial charge in [-0.3, -0.25) is 4.98 Å². The van der Waals surface area contributed by atoms with Crippen molar-refractivity contribution in [3.05, 3.63) is 46.4 Å². The third kappa shape index (κ3) is 2.71. The summed E-state index contributed by atoms with van der Waals surface area (Å²) in [7, 11) is 0. The molecule has 0 saturated carbocycles. The zero-order valence-electron chi connectivity index (χ0n) is 9.74. The molecule has 0 atom stereocenters. The lowest BCUT2D eigenvalue weighted by atomic mass is 10.2. The van der Waals surface area contributed by atoms with Crippen molar-refractivity contribution in [1.82, 2.24) is 15.2 Å². The summed E-state index contributed by atoms with van der Waals surface area (Å²) >= 11 is 5.89. The van der Waals surface area contributed by atoms with Crippen LogP contribution in [0.3, 0.4) is 0 Å². The average Bonchev–Trinajstić information content (AvgIpc) is 2.36. The summed E-state index contributed by atoms with van der Waals surface area (Å²) in [5.74, 6) is 0.767. The Hall–Kier alpha value is -1.68. The molecule has 0 aliphatic carbocycles. The van der Waals surface area contributed by atoms with Gasteiger partial charge in [-0.05, 0) is 42.7 Å². The van der Waals surface area contributed by atoms with Gasteiger partial charge in [-0.25, -0.2) is 0 Å². The van der Waals surface area contributed by atoms with Gasteiger partial charge in [0.2, 0.25) is 0 Å². The van der Waals surface area contributed by atoms with Crippen molar-refractivity contribution in [3.8, 4) is 0 Å². The maximum atomic E-state index is 5.89. The molecule has 17 heavy (non-hydrogen) atoms. The van der Waals surface area contributed by atoms with Crippen LogP contribution >= 0.6 is 11.6 Å². The molecular weight excluding hydrogens is 236 g/mol. The van der Waals surface area contributed by atoms with Gasteiger partial charge in [-0.2, -0.15) is 0 Å². The standard InChI is InChI=1S/C12H13ClN4/c1-8-9(2)12(17-16-11(8)13)15-7-10-3-5-14-6-4-10/h3-6H,7H2,1-2H3,(H,15,17). The number of hydrogen-bond donors (Lipinski definition) is 1. The van der Waals surface area contributed by atoms with E-state index < -0.39 is 0 Å². The molecule has 2 heterocycles. The molecule has 2 aromatic rings. The number of nitrogens with zero attached hydrogens (tertiary/aromatic N) is 3. The Kier molecular flexibility index (Phi) is 3.54. The van der Waals surface area contributed by atoms with Crippen molar-refractivity contribution < 1.29 is 0 Å². The van der Waals surface area contributed by atoms with Crippen LogP contribution in [0.4, 0.5) is 5.82 Å². The highest BCUT2D eigenvalue weighted by molar-refractivity contribution is 6.30. The maximum Gasteiger partial charge on any atom is 0.155 e. The third-order valence-corrected chi connectivity index (χ3v) is 3.03. The van der Waals surface area contributed by atoms with Gasteiger partial charge in [0.15, 0.2) is 11.0 Å². The van der Waals surface area contributed by atoms with E-state index in [0.29, 0.717) is 11.7 Å². The minimum atomic E-state index is 0.456. The first-order chi connectivity index (χ1) is 8.18. The molecule has 0 fully saturated rings. The molecule has 0 amide bonds. The Morgan fingerprint density at radius 3 is 2.53 bits per heavy atom. The van der Waals surface area contributed by atoms with Crippen LogP contribution in [0.5, 0.6) is 0 Å². The van der Waals surface area contributed by atoms with Crippen molar-refractivity contribution in [2.45, 2.75) is 20.4 Å². The highest BCUT2D eigenvalue weighted by Gasteiger charge is 2.07. The first-order valence-corrected chi connectivity index (χ1v) is 5.68. The number of nitrogens with one attached hydrogen (secondary N) is 1. The van der Waals surface area contributed by atoms with E-state index >= 15 is 0 Å². The third-order valence-electron chi connectivity index (χ3n) is 2.67. The molecule has 0 spiro atoms. The lowest BCUT2D eigenvalue weighted by Gasteiger charge is -2.10. The van der Waals surface area contributed by atoms with Crippen LogP contribution in [0.2, 0.25) is 5.15 Å². The number of aromatic nitrogens is 3. The van der Waals surface area contributed by atoms with Crippen LogP contribution in [0.25, 0.3) is 0 Å². The van der Waals surface area contributed by atoms with Crippen molar-refractivity contribution in [2.75, 3.05) is 5.32 Å². The molecule has 88 valence electrons. The molecule has 0 unspecified atom stereocenters. The summed E-state index contributed by atoms with van der Waals surface area (Å²) in [5, 5.41) is 11.6. The molecule has 4 nitrogen and oxygen atoms in total. The van der Waals surface area contributed by atoms with Crippen LogP contribution in [0.1, 0.15) is 16.7 Å². The highest BCUT2D eigenvalue weighted by atomic mass is 35.5. The second-order valence-corrected chi connectivity index (χ2v) is 4.16. The number of halogens is 1. The minimum absolute atomic E-state index is 0.456. The van der Waals surface area contributed by atoms with Gasteiger partial charge in [0.05, 0.1) is 0 Å². The Morgan fingerprint density at radius 2 is 1.82 bits per heavy atom. The Labute approximate surface area is 105 Å². The van der Waals surface area contributed by atoms with Crippen molar-refractivity contribution >= 4 is 17.4 Å². The predicted molar refractivity (Wildman–Crippen MR) is 68.1 cm³/mol. The van der Waals surface area contributed by atoms with E-state index in [1.807, 2.05) is 26.0 Å². The molecule has 0 aliphatic rings. The van der Waals surface area contributed by atoms with Gasteiger partial charge in [-0.15, -0.1) is 10.2 Å². The Morgan fingerprint density at radius 1 is 1.12 bits per heavy atom. The number of rotatable bonds is 3. The molecule has 0 saturated heterocycles. The second-order valence-electron chi connectivity index (χ2n) is 3.80. The van der Waals surface area contributed by atoms with Crippen LogP contribution in [0, 0.1) is 13.8 Å². The zero-order chi connectivity index (χ0) is 12.3. The normalized spacial score (nSPS) is 10.3. The smallest absolute Gasteiger partial charge is 0.155 e. The summed E-state index contributed by atoms with van der Waals surface area (Å²) in [4.78, 5) is 3.97. The van der Waals surface area contributed by atoms with Crippen LogP contribution < -0.4 is 5.32 Å². The summed E-state index contributed by atoms with van der Waals surface area (Å²) in [6, 6.07) is 3.91. The molecule has 5 heteroatoms. The first-order valence-electron chi connectivity index (χ1n) is 5.30. The predicted octanol–water partition coefficient (Wildman–Crippen LogP) is 2.75. The summed E-state index contributed by atoms with van der Waals surface area (Å²) in [6.07, 6.45) is 3.53. The SMILES string of the molecule is Cc1c(Cl)nnc(NCc2ccncc2)c1C. The number of anilines is 1. The van der Waals surface area contributed by atoms with Crippen LogP contribution in [0.15, 0.2) is 24.5 Å². The maximum absolute atomic E-state index is 5.89. The fourth-order valence-corrected chi connectivity index (χ4v) is 1.61. The van der Waals surface area contributed by atoms with Crippen LogP contribution in [-0.4, -0.2) is 15.2 Å². The lowest BCUT2D eigenvalue weighted by Crippen LogP contribution is -2.06. The summed E-state index contributed by atoms with van der Waals surface area (Å²) in [5.41, 5.74) is 3.13. The minimum Gasteiger partial charge on any atom is -0.364 e. The zero-order valence-corrected chi connectivity index (χ0v) is 10.5. The highest BCUT2D eigenvalue weighted by Crippen LogP contribution is 2.20. The molecule has 0 aromatic carbocycles. The van der Waals surface area contributed by atoms with Gasteiger partial charge >= 0.3 is 0 Å². The molecule has 0 aliphatic heterocycles. The van der Waals surface area contributed by atoms with E-state index in [1.165, 1.54) is 0 Å². The van der Waals surface area contributed by atoms with E-state index in [0.717, 1.165) is 22.5 Å². The second kappa shape index (κ2) is 5.10. The van der Waals surface area contributed by atoms with Gasteiger partial charge in [0.25, 0.3) is 0 Å². The van der Waals surface area contributed by atoms with Crippen LogP contribution in [-0.2, 0) is 6.54 Å². The summed E-state index contributed by atoms with van der Waals surface area (Å²) < 4.78 is 0. The van der Waals surface area contributed by atoms with E-state index in [9.17, 15) is 0 Å². The monoisotopic (exact) mass is 248 g/mol. The molecular formula is C12H13ClN4. The van der Waals surface area contributed by atoms with Crippen molar-refractivity contribution in [1.29, 1.82) is 0 Å². The average molecular weight is 249 g/mol. The fraction of sp³-hybridized carbons (Fsp3) is 0.250. The van der Waals surface area contributed by atoms with Crippen molar-refractivity contribution in [2.24, 2.45) is 0 Å². The van der Waals surface area contributed by atoms with E-state index in [2.05, 4.69) is 20.5 Å². The molecule has 0 radical (unpaired) electrons. The number of pyridine rings is 1. The van der Waals surface area contributed by atoms with E-state index in [1.54, 1.807) is 12.4 Å². The lowest BCUT2D eigenvalue weighted by molar-refractivity contribution is 0.970. The van der Waals surface area contributed by atoms with E-state index in [4.69, 9.17) is 11.6 Å². The van der Waals surface area contributed by atoms with Gasteiger partial charge in [0.1, 0.15) is 0 Å². The number of hydrogen-bond acceptors (Lipinski definition) is 4. The Balaban J connectivity index is 2.13. The van der Waals surface area contributed by atoms with Gasteiger partial charge in [-0.1, -0.05) is 11.6 Å². The largest absolute Gasteiger partial charge is 0.364 e. The van der Waals surface area contributed by atoms with Gasteiger partial charge in [0, 0.05) is 18.9 Å². The molecule has 0 bridgehead atoms. The summed E-state index contributed by atoms with van der Waals surface area (Å²) in [6.45, 7) is 4.61. The van der Waals surface area contributed by atoms with E-state index in [-0.39, 0.29) is 0 Å². The molecule has 1 N–H and O–H groups in total. The molecule has 2 aromatic heterocycles.